The van der Waals surface area contributed by atoms with E-state index in [1.165, 1.54) is 0 Å². The summed E-state index contributed by atoms with van der Waals surface area (Å²) in [4.78, 5) is 18.6. The number of methoxy groups -OCH3 is 1. The molecule has 2 aromatic carbocycles. The molecule has 1 fully saturated rings. The first kappa shape index (κ1) is 31.7. The molecule has 2 heterocycles. The molecule has 8 nitrogen and oxygen atoms in total. The Hall–Kier alpha value is -2.78. The van der Waals surface area contributed by atoms with Crippen molar-refractivity contribution < 1.29 is 19.2 Å². The first-order chi connectivity index (χ1) is 18.8. The highest BCUT2D eigenvalue weighted by atomic mass is 35.5. The molecule has 0 saturated carbocycles. The van der Waals surface area contributed by atoms with Gasteiger partial charge in [0, 0.05) is 35.3 Å². The Balaban J connectivity index is 0.000000810. The summed E-state index contributed by atoms with van der Waals surface area (Å²) in [6, 6.07) is 13.9. The molecule has 0 radical (unpaired) electrons. The molecule has 4 rings (SSSR count). The van der Waals surface area contributed by atoms with Crippen molar-refractivity contribution in [2.45, 2.75) is 66.0 Å². The molecule has 218 valence electrons. The third-order valence-corrected chi connectivity index (χ3v) is 7.01. The lowest BCUT2D eigenvalue weighted by atomic mass is 9.79. The van der Waals surface area contributed by atoms with Gasteiger partial charge in [0.2, 0.25) is 5.82 Å². The number of likely N-dealkylation sites (tertiary alicyclic amines) is 1. The van der Waals surface area contributed by atoms with Gasteiger partial charge in [0.15, 0.2) is 0 Å². The van der Waals surface area contributed by atoms with Gasteiger partial charge in [0.1, 0.15) is 0 Å². The third-order valence-electron chi connectivity index (χ3n) is 6.66. The van der Waals surface area contributed by atoms with Crippen molar-refractivity contribution >= 4 is 17.6 Å². The highest BCUT2D eigenvalue weighted by Gasteiger charge is 2.41. The van der Waals surface area contributed by atoms with Gasteiger partial charge >= 0.3 is 5.97 Å². The quantitative estimate of drug-likeness (QED) is 0.307. The summed E-state index contributed by atoms with van der Waals surface area (Å²) in [6.45, 7) is 12.7. The summed E-state index contributed by atoms with van der Waals surface area (Å²) in [5.74, 6) is 0.725. The number of carboxylic acids is 1. The van der Waals surface area contributed by atoms with Crippen molar-refractivity contribution in [3.63, 3.8) is 0 Å². The fraction of sp³-hybridized carbons (Fsp3) is 0.516. The molecule has 40 heavy (non-hydrogen) atoms. The summed E-state index contributed by atoms with van der Waals surface area (Å²) in [7, 11) is 1.56. The van der Waals surface area contributed by atoms with Crippen molar-refractivity contribution in [2.24, 2.45) is 17.1 Å². The molecular formula is C31H43ClN4O4. The number of hydrogen-bond donors (Lipinski definition) is 2. The van der Waals surface area contributed by atoms with Crippen LogP contribution >= 0.6 is 11.6 Å². The van der Waals surface area contributed by atoms with Crippen LogP contribution in [0.25, 0.3) is 22.8 Å². The van der Waals surface area contributed by atoms with Crippen LogP contribution in [0.2, 0.25) is 5.02 Å². The molecule has 0 bridgehead atoms. The van der Waals surface area contributed by atoms with E-state index in [1.807, 2.05) is 51.1 Å². The Kier molecular flexibility index (Phi) is 10.9. The maximum Gasteiger partial charge on any atom is 0.312 e. The Morgan fingerprint density at radius 2 is 1.75 bits per heavy atom. The first-order valence-electron chi connectivity index (χ1n) is 13.7. The molecule has 3 aromatic rings. The van der Waals surface area contributed by atoms with E-state index in [-0.39, 0.29) is 12.1 Å². The summed E-state index contributed by atoms with van der Waals surface area (Å²) >= 11 is 6.46. The van der Waals surface area contributed by atoms with E-state index >= 15 is 0 Å². The molecule has 0 spiro atoms. The number of carbonyl (C=O) groups is 1. The van der Waals surface area contributed by atoms with E-state index in [9.17, 15) is 9.90 Å². The van der Waals surface area contributed by atoms with Crippen molar-refractivity contribution in [1.29, 1.82) is 0 Å². The second-order valence-electron chi connectivity index (χ2n) is 12.2. The molecule has 0 amide bonds. The molecule has 1 aliphatic heterocycles. The van der Waals surface area contributed by atoms with E-state index in [0.717, 1.165) is 48.3 Å². The van der Waals surface area contributed by atoms with Gasteiger partial charge in [-0.15, -0.1) is 0 Å². The lowest BCUT2D eigenvalue weighted by Crippen LogP contribution is -2.46. The minimum atomic E-state index is -0.773. The van der Waals surface area contributed by atoms with Gasteiger partial charge < -0.3 is 20.1 Å². The van der Waals surface area contributed by atoms with E-state index in [4.69, 9.17) is 26.6 Å². The van der Waals surface area contributed by atoms with Crippen LogP contribution in [0.5, 0.6) is 0 Å². The van der Waals surface area contributed by atoms with Crippen LogP contribution in [0.1, 0.15) is 58.6 Å². The number of halogens is 1. The molecule has 9 heteroatoms. The van der Waals surface area contributed by atoms with Crippen molar-refractivity contribution in [3.05, 3.63) is 58.6 Å². The molecule has 1 saturated heterocycles. The van der Waals surface area contributed by atoms with Crippen molar-refractivity contribution in [2.75, 3.05) is 26.8 Å². The second-order valence-corrected chi connectivity index (χ2v) is 12.6. The lowest BCUT2D eigenvalue weighted by Gasteiger charge is -2.38. The second kappa shape index (κ2) is 13.7. The van der Waals surface area contributed by atoms with Gasteiger partial charge in [-0.25, -0.2) is 0 Å². The lowest BCUT2D eigenvalue weighted by molar-refractivity contribution is -0.156. The zero-order valence-corrected chi connectivity index (χ0v) is 25.3. The molecule has 0 unspecified atom stereocenters. The predicted molar refractivity (Wildman–Crippen MR) is 159 cm³/mol. The van der Waals surface area contributed by atoms with Crippen molar-refractivity contribution in [3.8, 4) is 22.8 Å². The van der Waals surface area contributed by atoms with Crippen LogP contribution < -0.4 is 5.73 Å². The number of ether oxygens (including phenoxy) is 1. The van der Waals surface area contributed by atoms with E-state index in [0.29, 0.717) is 35.5 Å². The summed E-state index contributed by atoms with van der Waals surface area (Å²) in [6.07, 6.45) is 2.09. The Bertz CT molecular complexity index is 1240. The van der Waals surface area contributed by atoms with Gasteiger partial charge in [0.05, 0.1) is 12.0 Å². The smallest absolute Gasteiger partial charge is 0.312 e. The minimum absolute atomic E-state index is 0. The first-order valence-corrected chi connectivity index (χ1v) is 14.1. The predicted octanol–water partition coefficient (Wildman–Crippen LogP) is 6.31. The highest BCUT2D eigenvalue weighted by molar-refractivity contribution is 6.31. The summed E-state index contributed by atoms with van der Waals surface area (Å²) < 4.78 is 10.7. The largest absolute Gasteiger partial charge is 0.481 e. The number of aliphatic carboxylic acids is 1. The third kappa shape index (κ3) is 9.13. The maximum atomic E-state index is 11.7. The molecular weight excluding hydrogens is 528 g/mol. The zero-order chi connectivity index (χ0) is 29.5. The van der Waals surface area contributed by atoms with Gasteiger partial charge in [-0.05, 0) is 82.3 Å². The Morgan fingerprint density at radius 3 is 2.27 bits per heavy atom. The number of aromatic nitrogens is 2. The van der Waals surface area contributed by atoms with E-state index in [2.05, 4.69) is 41.0 Å². The number of rotatable bonds is 9. The number of nitrogens with two attached hydrogens (primary N) is 1. The molecule has 1 aliphatic rings. The fourth-order valence-electron chi connectivity index (χ4n) is 4.60. The van der Waals surface area contributed by atoms with Crippen LogP contribution in [-0.4, -0.2) is 58.5 Å². The zero-order valence-electron chi connectivity index (χ0n) is 24.5. The summed E-state index contributed by atoms with van der Waals surface area (Å²) in [5.41, 5.74) is 8.52. The number of hydrogen-bond acceptors (Lipinski definition) is 7. The molecule has 3 N–H and O–H groups in total. The van der Waals surface area contributed by atoms with Crippen LogP contribution in [-0.2, 0) is 22.5 Å². The van der Waals surface area contributed by atoms with Gasteiger partial charge in [-0.3, -0.25) is 9.69 Å². The maximum absolute atomic E-state index is 11.7. The van der Waals surface area contributed by atoms with E-state index in [1.54, 1.807) is 7.11 Å². The standard InChI is InChI=1S/C27H32ClN3O4.C4H11N/c1-18(2)14-21-8-9-22(15-23(21)28)25-29-24(30-35-25)20-6-4-19(5-7-20)16-31-12-10-27(11-13-31,17-34-3)26(32)33;1-4(2,3)5/h4-9,15,18H,10-14,16-17H2,1-3H3,(H,32,33);5H2,1-3H3. The number of carboxylic acid groups (broad SMARTS) is 1. The average Bonchev–Trinajstić information content (AvgIpc) is 3.36. The highest BCUT2D eigenvalue weighted by Crippen LogP contribution is 2.33. The Morgan fingerprint density at radius 1 is 1.15 bits per heavy atom. The molecule has 0 aliphatic carbocycles. The number of benzene rings is 2. The van der Waals surface area contributed by atoms with Gasteiger partial charge in [-0.2, -0.15) is 4.98 Å². The van der Waals surface area contributed by atoms with Crippen LogP contribution in [0.3, 0.4) is 0 Å². The Labute approximate surface area is 242 Å². The summed E-state index contributed by atoms with van der Waals surface area (Å²) in [5, 5.41) is 14.5. The SMILES string of the molecule is CC(C)(C)N.COCC1(C(=O)O)CCN(Cc2ccc(-c3noc(-c4ccc(CC(C)C)c(Cl)c4)n3)cc2)CC1. The van der Waals surface area contributed by atoms with Crippen molar-refractivity contribution in [1.82, 2.24) is 15.0 Å². The number of piperidine rings is 1. The molecule has 1 aromatic heterocycles. The average molecular weight is 571 g/mol. The van der Waals surface area contributed by atoms with Gasteiger partial charge in [0.25, 0.3) is 5.89 Å². The van der Waals surface area contributed by atoms with Crippen LogP contribution in [0.4, 0.5) is 0 Å². The van der Waals surface area contributed by atoms with E-state index < -0.39 is 11.4 Å². The fourth-order valence-corrected chi connectivity index (χ4v) is 4.85. The molecule has 0 atom stereocenters. The minimum Gasteiger partial charge on any atom is -0.481 e. The van der Waals surface area contributed by atoms with Crippen LogP contribution in [0, 0.1) is 11.3 Å². The van der Waals surface area contributed by atoms with Crippen LogP contribution in [0.15, 0.2) is 47.0 Å². The monoisotopic (exact) mass is 570 g/mol. The van der Waals surface area contributed by atoms with Gasteiger partial charge in [-0.1, -0.05) is 60.9 Å². The number of nitrogens with zero attached hydrogens (tertiary/aromatic N) is 3. The normalized spacial score (nSPS) is 15.5. The topological polar surface area (TPSA) is 115 Å².